The lowest BCUT2D eigenvalue weighted by molar-refractivity contribution is -0.141. The molecule has 0 saturated carbocycles. The fraction of sp³-hybridized carbons (Fsp3) is 0.429. The van der Waals surface area contributed by atoms with E-state index in [1.54, 1.807) is 25.2 Å². The van der Waals surface area contributed by atoms with Crippen LogP contribution in [0.3, 0.4) is 0 Å². The Labute approximate surface area is 180 Å². The lowest BCUT2D eigenvalue weighted by Crippen LogP contribution is -2.44. The highest BCUT2D eigenvalue weighted by Gasteiger charge is 2.52. The second kappa shape index (κ2) is 8.76. The van der Waals surface area contributed by atoms with Gasteiger partial charge in [-0.15, -0.1) is 0 Å². The molecule has 1 aromatic heterocycles. The molecule has 0 spiro atoms. The van der Waals surface area contributed by atoms with Crippen molar-refractivity contribution < 1.29 is 14.4 Å². The van der Waals surface area contributed by atoms with Gasteiger partial charge in [0.25, 0.3) is 0 Å². The summed E-state index contributed by atoms with van der Waals surface area (Å²) in [6, 6.07) is 8.89. The van der Waals surface area contributed by atoms with Crippen LogP contribution < -0.4 is 10.6 Å². The van der Waals surface area contributed by atoms with E-state index in [9.17, 15) is 9.59 Å². The van der Waals surface area contributed by atoms with Crippen LogP contribution in [0.5, 0.6) is 0 Å². The summed E-state index contributed by atoms with van der Waals surface area (Å²) in [5.74, 6) is 0.572. The third-order valence-corrected chi connectivity index (χ3v) is 5.59. The van der Waals surface area contributed by atoms with E-state index in [1.807, 2.05) is 35.0 Å². The summed E-state index contributed by atoms with van der Waals surface area (Å²) in [7, 11) is 3.48. The molecule has 0 aliphatic carbocycles. The minimum atomic E-state index is -0.404. The van der Waals surface area contributed by atoms with E-state index >= 15 is 0 Å². The quantitative estimate of drug-likeness (QED) is 0.513. The molecule has 2 aliphatic heterocycles. The molecular formula is C21H27N7O3. The van der Waals surface area contributed by atoms with Crippen molar-refractivity contribution in [3.05, 3.63) is 53.3 Å². The number of amidine groups is 1. The normalized spacial score (nSPS) is 20.1. The number of hydrogen-bond acceptors (Lipinski definition) is 5. The van der Waals surface area contributed by atoms with Crippen molar-refractivity contribution in [1.29, 1.82) is 0 Å². The van der Waals surface area contributed by atoms with E-state index < -0.39 is 6.04 Å². The maximum Gasteiger partial charge on any atom is 0.345 e. The van der Waals surface area contributed by atoms with Gasteiger partial charge in [0.05, 0.1) is 25.0 Å². The molecule has 10 heteroatoms. The summed E-state index contributed by atoms with van der Waals surface area (Å²) in [5.41, 5.74) is 2.80. The lowest BCUT2D eigenvalue weighted by atomic mass is 9.97. The molecule has 3 heterocycles. The highest BCUT2D eigenvalue weighted by Crippen LogP contribution is 2.44. The number of aliphatic imine (C=N–C) groups is 1. The number of nitrogens with zero attached hydrogens (tertiary/aromatic N) is 5. The number of carbonyl (C=O) groups excluding carboxylic acids is 2. The average molecular weight is 425 g/mol. The first kappa shape index (κ1) is 20.9. The predicted octanol–water partition coefficient (Wildman–Crippen LogP) is 1.23. The van der Waals surface area contributed by atoms with Crippen molar-refractivity contribution in [3.63, 3.8) is 0 Å². The molecule has 2 bridgehead atoms. The number of hydroxylamine groups is 2. The molecule has 0 radical (unpaired) electrons. The summed E-state index contributed by atoms with van der Waals surface area (Å²) in [6.45, 7) is 3.21. The number of rotatable bonds is 7. The monoisotopic (exact) mass is 425 g/mol. The second-order valence-corrected chi connectivity index (χ2v) is 7.49. The third-order valence-electron chi connectivity index (χ3n) is 5.59. The summed E-state index contributed by atoms with van der Waals surface area (Å²) in [6.07, 6.45) is 1.79. The average Bonchev–Trinajstić information content (AvgIpc) is 3.31. The topological polar surface area (TPSA) is 104 Å². The van der Waals surface area contributed by atoms with Crippen molar-refractivity contribution in [2.24, 2.45) is 4.99 Å². The summed E-state index contributed by atoms with van der Waals surface area (Å²) in [4.78, 5) is 36.7. The Balaban J connectivity index is 1.65. The van der Waals surface area contributed by atoms with Gasteiger partial charge in [-0.3, -0.25) is 19.3 Å². The first-order valence-corrected chi connectivity index (χ1v) is 10.3. The number of aromatic nitrogens is 2. The van der Waals surface area contributed by atoms with Crippen LogP contribution in [-0.2, 0) is 22.8 Å². The minimum Gasteiger partial charge on any atom is -0.375 e. The van der Waals surface area contributed by atoms with E-state index in [0.29, 0.717) is 32.1 Å². The maximum absolute atomic E-state index is 13.3. The highest BCUT2D eigenvalue weighted by atomic mass is 16.7. The van der Waals surface area contributed by atoms with Gasteiger partial charge in [0.15, 0.2) is 0 Å². The SMILES string of the molecule is CN=C(NC)[C@@H]1c2c(cnn2CCNC(C)=O)[C@@H]2CN1C(=O)N2OCc1ccccc1. The van der Waals surface area contributed by atoms with Gasteiger partial charge in [-0.2, -0.15) is 10.2 Å². The molecule has 31 heavy (non-hydrogen) atoms. The van der Waals surface area contributed by atoms with E-state index in [1.165, 1.54) is 12.0 Å². The number of hydrogen-bond donors (Lipinski definition) is 2. The predicted molar refractivity (Wildman–Crippen MR) is 114 cm³/mol. The standard InChI is InChI=1S/C21H27N7O3/c1-14(29)24-9-10-27-18-16(11-25-27)17-12-26(19(18)20(22-2)23-3)21(30)28(17)31-13-15-7-5-4-6-8-15/h4-8,11,17,19H,9-10,12-13H2,1-3H3,(H,22,23)(H,24,29)/t17-,19-/m0/s1. The zero-order valence-corrected chi connectivity index (χ0v) is 17.9. The van der Waals surface area contributed by atoms with Crippen LogP contribution in [0.4, 0.5) is 4.79 Å². The van der Waals surface area contributed by atoms with Crippen molar-refractivity contribution >= 4 is 17.8 Å². The van der Waals surface area contributed by atoms with Crippen LogP contribution in [0.1, 0.15) is 35.8 Å². The number of urea groups is 1. The molecule has 1 aromatic carbocycles. The molecule has 3 amide bonds. The van der Waals surface area contributed by atoms with Gasteiger partial charge in [-0.05, 0) is 5.56 Å². The van der Waals surface area contributed by atoms with Gasteiger partial charge >= 0.3 is 6.03 Å². The molecule has 4 rings (SSSR count). The molecule has 164 valence electrons. The molecule has 2 aliphatic rings. The first-order chi connectivity index (χ1) is 15.0. The number of fused-ring (bicyclic) bond motifs is 4. The highest BCUT2D eigenvalue weighted by molar-refractivity contribution is 5.93. The van der Waals surface area contributed by atoms with Crippen LogP contribution in [0.25, 0.3) is 0 Å². The van der Waals surface area contributed by atoms with E-state index in [2.05, 4.69) is 20.7 Å². The third kappa shape index (κ3) is 3.86. The molecule has 1 fully saturated rings. The Morgan fingerprint density at radius 2 is 2.10 bits per heavy atom. The van der Waals surface area contributed by atoms with E-state index in [4.69, 9.17) is 4.84 Å². The van der Waals surface area contributed by atoms with Crippen LogP contribution in [0, 0.1) is 0 Å². The molecule has 2 aromatic rings. The number of benzene rings is 1. The fourth-order valence-corrected chi connectivity index (χ4v) is 4.18. The van der Waals surface area contributed by atoms with Gasteiger partial charge in [0.2, 0.25) is 5.91 Å². The minimum absolute atomic E-state index is 0.0944. The molecular weight excluding hydrogens is 398 g/mol. The van der Waals surface area contributed by atoms with Crippen molar-refractivity contribution in [1.82, 2.24) is 30.4 Å². The van der Waals surface area contributed by atoms with Crippen molar-refractivity contribution in [3.8, 4) is 0 Å². The summed E-state index contributed by atoms with van der Waals surface area (Å²) >= 11 is 0. The molecule has 10 nitrogen and oxygen atoms in total. The Morgan fingerprint density at radius 3 is 2.77 bits per heavy atom. The maximum atomic E-state index is 13.3. The van der Waals surface area contributed by atoms with Crippen LogP contribution in [0.15, 0.2) is 41.5 Å². The number of nitrogens with one attached hydrogen (secondary N) is 2. The molecule has 2 N–H and O–H groups in total. The fourth-order valence-electron chi connectivity index (χ4n) is 4.18. The van der Waals surface area contributed by atoms with Gasteiger partial charge in [0, 0.05) is 33.1 Å². The second-order valence-electron chi connectivity index (χ2n) is 7.49. The molecule has 0 unspecified atom stereocenters. The van der Waals surface area contributed by atoms with Crippen LogP contribution >= 0.6 is 0 Å². The van der Waals surface area contributed by atoms with Gasteiger partial charge in [-0.1, -0.05) is 30.3 Å². The van der Waals surface area contributed by atoms with Gasteiger partial charge < -0.3 is 15.5 Å². The largest absolute Gasteiger partial charge is 0.375 e. The van der Waals surface area contributed by atoms with Crippen molar-refractivity contribution in [2.75, 3.05) is 27.2 Å². The van der Waals surface area contributed by atoms with Crippen molar-refractivity contribution in [2.45, 2.75) is 32.2 Å². The summed E-state index contributed by atoms with van der Waals surface area (Å²) < 4.78 is 1.84. The molecule has 2 atom stereocenters. The van der Waals surface area contributed by atoms with Gasteiger partial charge in [-0.25, -0.2) is 4.79 Å². The van der Waals surface area contributed by atoms with Gasteiger partial charge in [0.1, 0.15) is 24.5 Å². The van der Waals surface area contributed by atoms with E-state index in [0.717, 1.165) is 16.8 Å². The Kier molecular flexibility index (Phi) is 5.90. The van der Waals surface area contributed by atoms with E-state index in [-0.39, 0.29) is 18.0 Å². The Morgan fingerprint density at radius 1 is 1.32 bits per heavy atom. The zero-order valence-electron chi connectivity index (χ0n) is 17.9. The lowest BCUT2D eigenvalue weighted by Gasteiger charge is -2.32. The smallest absolute Gasteiger partial charge is 0.345 e. The Hall–Kier alpha value is -3.40. The summed E-state index contributed by atoms with van der Waals surface area (Å²) in [5, 5.41) is 11.9. The number of likely N-dealkylation sites (N-methyl/N-ethyl adjacent to an activating group) is 1. The number of amides is 3. The number of carbonyl (C=O) groups is 2. The first-order valence-electron chi connectivity index (χ1n) is 10.3. The van der Waals surface area contributed by atoms with Crippen LogP contribution in [-0.4, -0.2) is 64.7 Å². The van der Waals surface area contributed by atoms with Crippen LogP contribution in [0.2, 0.25) is 0 Å². The zero-order chi connectivity index (χ0) is 22.0. The molecule has 1 saturated heterocycles. The Bertz CT molecular complexity index is 988.